The van der Waals surface area contributed by atoms with Crippen molar-refractivity contribution in [2.24, 2.45) is 5.92 Å². The number of rotatable bonds is 1. The first-order valence-electron chi connectivity index (χ1n) is 7.58. The van der Waals surface area contributed by atoms with Gasteiger partial charge in [-0.05, 0) is 52.2 Å². The first kappa shape index (κ1) is 16.5. The topological polar surface area (TPSA) is 66.8 Å². The van der Waals surface area contributed by atoms with Gasteiger partial charge in [0.1, 0.15) is 5.60 Å². The largest absolute Gasteiger partial charge is 0.481 e. The van der Waals surface area contributed by atoms with Crippen molar-refractivity contribution in [2.75, 3.05) is 18.8 Å². The average molecular weight is 315 g/mol. The van der Waals surface area contributed by atoms with Crippen LogP contribution < -0.4 is 0 Å². The Morgan fingerprint density at radius 1 is 1.29 bits per heavy atom. The van der Waals surface area contributed by atoms with E-state index in [0.29, 0.717) is 13.1 Å². The van der Waals surface area contributed by atoms with E-state index in [4.69, 9.17) is 4.74 Å². The number of carboxylic acid groups (broad SMARTS) is 1. The molecule has 0 aromatic carbocycles. The highest BCUT2D eigenvalue weighted by Crippen LogP contribution is 2.49. The zero-order valence-corrected chi connectivity index (χ0v) is 13.9. The van der Waals surface area contributed by atoms with Gasteiger partial charge in [0.15, 0.2) is 0 Å². The molecule has 2 aliphatic heterocycles. The Kier molecular flexibility index (Phi) is 4.76. The Balaban J connectivity index is 2.02. The third-order valence-electron chi connectivity index (χ3n) is 4.21. The van der Waals surface area contributed by atoms with E-state index in [9.17, 15) is 14.7 Å². The van der Waals surface area contributed by atoms with Crippen molar-refractivity contribution < 1.29 is 19.4 Å². The van der Waals surface area contributed by atoms with Crippen LogP contribution in [0.25, 0.3) is 0 Å². The van der Waals surface area contributed by atoms with E-state index in [1.54, 1.807) is 16.7 Å². The smallest absolute Gasteiger partial charge is 0.410 e. The molecule has 2 rings (SSSR count). The maximum Gasteiger partial charge on any atom is 0.410 e. The maximum absolute atomic E-state index is 12.2. The molecule has 1 spiro atoms. The summed E-state index contributed by atoms with van der Waals surface area (Å²) < 4.78 is 5.23. The van der Waals surface area contributed by atoms with Crippen LogP contribution in [0.2, 0.25) is 0 Å². The fourth-order valence-electron chi connectivity index (χ4n) is 3.22. The van der Waals surface area contributed by atoms with Crippen molar-refractivity contribution in [3.63, 3.8) is 0 Å². The zero-order chi connectivity index (χ0) is 15.7. The van der Waals surface area contributed by atoms with Crippen LogP contribution in [0.15, 0.2) is 0 Å². The summed E-state index contributed by atoms with van der Waals surface area (Å²) in [6.45, 7) is 6.82. The Bertz CT molecular complexity index is 420. The van der Waals surface area contributed by atoms with Crippen molar-refractivity contribution >= 4 is 23.8 Å². The summed E-state index contributed by atoms with van der Waals surface area (Å²) >= 11 is 1.78. The fourth-order valence-corrected chi connectivity index (χ4v) is 4.93. The molecule has 2 aliphatic rings. The summed E-state index contributed by atoms with van der Waals surface area (Å²) in [5, 5.41) is 9.43. The van der Waals surface area contributed by atoms with Crippen molar-refractivity contribution in [3.8, 4) is 0 Å². The lowest BCUT2D eigenvalue weighted by atomic mass is 9.84. The Hall–Kier alpha value is -0.910. The van der Waals surface area contributed by atoms with E-state index in [2.05, 4.69) is 0 Å². The van der Waals surface area contributed by atoms with Crippen LogP contribution >= 0.6 is 11.8 Å². The maximum atomic E-state index is 12.2. The second-order valence-corrected chi connectivity index (χ2v) is 8.42. The van der Waals surface area contributed by atoms with Gasteiger partial charge in [-0.15, -0.1) is 0 Å². The standard InChI is InChI=1S/C15H25NO4S/c1-14(2,3)20-13(19)16-8-4-6-15(7-9-16)11(12(17)18)5-10-21-15/h11H,4-10H2,1-3H3,(H,17,18)/t11-,15-/m0/s1. The third kappa shape index (κ3) is 3.84. The zero-order valence-electron chi connectivity index (χ0n) is 13.1. The molecule has 0 saturated carbocycles. The van der Waals surface area contributed by atoms with Crippen molar-refractivity contribution in [3.05, 3.63) is 0 Å². The molecular formula is C15H25NO4S. The second-order valence-electron chi connectivity index (χ2n) is 6.91. The van der Waals surface area contributed by atoms with Gasteiger partial charge in [0, 0.05) is 17.8 Å². The van der Waals surface area contributed by atoms with Gasteiger partial charge in [-0.3, -0.25) is 4.79 Å². The number of amides is 1. The number of carbonyl (C=O) groups is 2. The lowest BCUT2D eigenvalue weighted by Gasteiger charge is -2.31. The van der Waals surface area contributed by atoms with Crippen LogP contribution in [-0.2, 0) is 9.53 Å². The number of thioether (sulfide) groups is 1. The second kappa shape index (κ2) is 6.07. The van der Waals surface area contributed by atoms with E-state index >= 15 is 0 Å². The molecule has 6 heteroatoms. The number of ether oxygens (including phenoxy) is 1. The van der Waals surface area contributed by atoms with Crippen molar-refractivity contribution in [1.82, 2.24) is 4.90 Å². The Labute approximate surface area is 130 Å². The van der Waals surface area contributed by atoms with Crippen molar-refractivity contribution in [1.29, 1.82) is 0 Å². The molecule has 0 unspecified atom stereocenters. The molecule has 21 heavy (non-hydrogen) atoms. The highest BCUT2D eigenvalue weighted by Gasteiger charge is 2.48. The molecule has 0 aliphatic carbocycles. The lowest BCUT2D eigenvalue weighted by molar-refractivity contribution is -0.142. The first-order valence-corrected chi connectivity index (χ1v) is 8.57. The number of nitrogens with zero attached hydrogens (tertiary/aromatic N) is 1. The van der Waals surface area contributed by atoms with E-state index in [-0.39, 0.29) is 16.8 Å². The summed E-state index contributed by atoms with van der Waals surface area (Å²) in [6.07, 6.45) is 2.92. The van der Waals surface area contributed by atoms with Gasteiger partial charge in [-0.2, -0.15) is 11.8 Å². The van der Waals surface area contributed by atoms with E-state index in [0.717, 1.165) is 31.4 Å². The minimum Gasteiger partial charge on any atom is -0.481 e. The van der Waals surface area contributed by atoms with Crippen molar-refractivity contribution in [2.45, 2.75) is 56.8 Å². The molecule has 2 fully saturated rings. The lowest BCUT2D eigenvalue weighted by Crippen LogP contribution is -2.39. The minimum absolute atomic E-state index is 0.192. The highest BCUT2D eigenvalue weighted by molar-refractivity contribution is 8.01. The minimum atomic E-state index is -0.689. The molecule has 2 atom stereocenters. The van der Waals surface area contributed by atoms with Gasteiger partial charge in [-0.25, -0.2) is 4.79 Å². The van der Waals surface area contributed by atoms with Gasteiger partial charge >= 0.3 is 12.1 Å². The molecular weight excluding hydrogens is 290 g/mol. The number of aliphatic carboxylic acids is 1. The quantitative estimate of drug-likeness (QED) is 0.806. The average Bonchev–Trinajstić information content (AvgIpc) is 2.62. The first-order chi connectivity index (χ1) is 9.73. The number of likely N-dealkylation sites (tertiary alicyclic amines) is 1. The third-order valence-corrected chi connectivity index (χ3v) is 5.92. The molecule has 1 N–H and O–H groups in total. The number of carboxylic acids is 1. The summed E-state index contributed by atoms with van der Waals surface area (Å²) in [6, 6.07) is 0. The van der Waals surface area contributed by atoms with E-state index in [1.807, 2.05) is 20.8 Å². The predicted molar refractivity (Wildman–Crippen MR) is 82.6 cm³/mol. The van der Waals surface area contributed by atoms with Crippen LogP contribution in [0.5, 0.6) is 0 Å². The number of hydrogen-bond acceptors (Lipinski definition) is 4. The molecule has 0 radical (unpaired) electrons. The molecule has 120 valence electrons. The van der Waals surface area contributed by atoms with Crippen LogP contribution in [0.4, 0.5) is 4.79 Å². The van der Waals surface area contributed by atoms with Gasteiger partial charge in [-0.1, -0.05) is 0 Å². The number of carbonyl (C=O) groups excluding carboxylic acids is 1. The van der Waals surface area contributed by atoms with Crippen LogP contribution in [0.1, 0.15) is 46.5 Å². The molecule has 0 aromatic rings. The van der Waals surface area contributed by atoms with Crippen LogP contribution in [0, 0.1) is 5.92 Å². The normalized spacial score (nSPS) is 30.2. The molecule has 5 nitrogen and oxygen atoms in total. The van der Waals surface area contributed by atoms with Gasteiger partial charge in [0.05, 0.1) is 5.92 Å². The summed E-state index contributed by atoms with van der Waals surface area (Å²) in [5.41, 5.74) is -0.493. The van der Waals surface area contributed by atoms with Gasteiger partial charge < -0.3 is 14.7 Å². The summed E-state index contributed by atoms with van der Waals surface area (Å²) in [7, 11) is 0. The van der Waals surface area contributed by atoms with Gasteiger partial charge in [0.2, 0.25) is 0 Å². The van der Waals surface area contributed by atoms with E-state index in [1.165, 1.54) is 0 Å². The Morgan fingerprint density at radius 2 is 2.00 bits per heavy atom. The molecule has 0 aromatic heterocycles. The van der Waals surface area contributed by atoms with Crippen LogP contribution in [0.3, 0.4) is 0 Å². The molecule has 0 bridgehead atoms. The predicted octanol–water partition coefficient (Wildman–Crippen LogP) is 2.98. The molecule has 2 heterocycles. The molecule has 1 amide bonds. The van der Waals surface area contributed by atoms with Gasteiger partial charge in [0.25, 0.3) is 0 Å². The summed E-state index contributed by atoms with van der Waals surface area (Å²) in [4.78, 5) is 25.4. The SMILES string of the molecule is CC(C)(C)OC(=O)N1CCC[C@@]2(CC1)SCC[C@H]2C(=O)O. The Morgan fingerprint density at radius 3 is 2.62 bits per heavy atom. The monoisotopic (exact) mass is 315 g/mol. The van der Waals surface area contributed by atoms with E-state index < -0.39 is 11.6 Å². The highest BCUT2D eigenvalue weighted by atomic mass is 32.2. The fraction of sp³-hybridized carbons (Fsp3) is 0.867. The number of hydrogen-bond donors (Lipinski definition) is 1. The van der Waals surface area contributed by atoms with Crippen LogP contribution in [-0.4, -0.2) is 51.3 Å². The molecule has 2 saturated heterocycles. The summed E-state index contributed by atoms with van der Waals surface area (Å²) in [5.74, 6) is -0.0598.